The molecule has 3 aliphatic heterocycles. The number of piperidine rings is 2. The zero-order valence-corrected chi connectivity index (χ0v) is 15.7. The van der Waals surface area contributed by atoms with Gasteiger partial charge in [-0.25, -0.2) is 4.39 Å². The summed E-state index contributed by atoms with van der Waals surface area (Å²) >= 11 is 0. The van der Waals surface area contributed by atoms with Crippen molar-refractivity contribution >= 4 is 17.5 Å². The van der Waals surface area contributed by atoms with E-state index in [0.717, 1.165) is 0 Å². The minimum absolute atomic E-state index is 0.0269. The van der Waals surface area contributed by atoms with Crippen LogP contribution in [0.15, 0.2) is 24.3 Å². The zero-order valence-electron chi connectivity index (χ0n) is 15.7. The van der Waals surface area contributed by atoms with E-state index in [0.29, 0.717) is 30.7 Å². The molecule has 0 unspecified atom stereocenters. The minimum atomic E-state index is -0.330. The van der Waals surface area contributed by atoms with E-state index in [-0.39, 0.29) is 30.0 Å². The number of carbonyl (C=O) groups is 2. The molecule has 3 heterocycles. The number of hydrogen-bond acceptors (Lipinski definition) is 3. The number of rotatable bonds is 4. The Morgan fingerprint density at radius 2 is 1.89 bits per heavy atom. The van der Waals surface area contributed by atoms with Crippen LogP contribution in [0.1, 0.15) is 38.5 Å². The van der Waals surface area contributed by atoms with Crippen LogP contribution < -0.4 is 10.2 Å². The van der Waals surface area contributed by atoms with Crippen molar-refractivity contribution in [3.05, 3.63) is 30.1 Å². The average molecular weight is 373 g/mol. The molecular formula is C21H28FN3O2. The van der Waals surface area contributed by atoms with E-state index in [9.17, 15) is 14.0 Å². The summed E-state index contributed by atoms with van der Waals surface area (Å²) in [5.41, 5.74) is 0.654. The van der Waals surface area contributed by atoms with Crippen molar-refractivity contribution in [1.82, 2.24) is 10.2 Å². The quantitative estimate of drug-likeness (QED) is 0.883. The largest absolute Gasteiger partial charge is 0.355 e. The van der Waals surface area contributed by atoms with Crippen LogP contribution in [0.3, 0.4) is 0 Å². The fraction of sp³-hybridized carbons (Fsp3) is 0.619. The molecule has 5 nitrogen and oxygen atoms in total. The van der Waals surface area contributed by atoms with Crippen molar-refractivity contribution < 1.29 is 14.0 Å². The molecule has 2 amide bonds. The van der Waals surface area contributed by atoms with Crippen LogP contribution >= 0.6 is 0 Å². The first-order valence-electron chi connectivity index (χ1n) is 10.2. The Balaban J connectivity index is 1.32. The summed E-state index contributed by atoms with van der Waals surface area (Å²) < 4.78 is 13.1. The lowest BCUT2D eigenvalue weighted by Crippen LogP contribution is -2.51. The maximum atomic E-state index is 13.1. The van der Waals surface area contributed by atoms with Gasteiger partial charge in [-0.05, 0) is 69.0 Å². The fourth-order valence-electron chi connectivity index (χ4n) is 4.95. The molecule has 4 rings (SSSR count). The van der Waals surface area contributed by atoms with E-state index in [1.165, 1.54) is 57.3 Å². The second-order valence-electron chi connectivity index (χ2n) is 8.13. The SMILES string of the molecule is O=C(NC[C@H]1CCCN2CCCC[C@H]12)[C@@H]1CC(=O)N(c2ccc(F)cc2)C1. The topological polar surface area (TPSA) is 52.7 Å². The molecule has 0 aliphatic carbocycles. The second kappa shape index (κ2) is 7.97. The van der Waals surface area contributed by atoms with E-state index in [1.807, 2.05) is 0 Å². The van der Waals surface area contributed by atoms with Gasteiger partial charge in [-0.2, -0.15) is 0 Å². The van der Waals surface area contributed by atoms with Crippen LogP contribution in [0.5, 0.6) is 0 Å². The highest BCUT2D eigenvalue weighted by Crippen LogP contribution is 2.31. The van der Waals surface area contributed by atoms with Gasteiger partial charge in [0, 0.05) is 31.2 Å². The highest BCUT2D eigenvalue weighted by molar-refractivity contribution is 6.00. The van der Waals surface area contributed by atoms with Crippen LogP contribution in [-0.2, 0) is 9.59 Å². The van der Waals surface area contributed by atoms with Gasteiger partial charge in [0.2, 0.25) is 11.8 Å². The number of fused-ring (bicyclic) bond motifs is 1. The van der Waals surface area contributed by atoms with Gasteiger partial charge in [0.15, 0.2) is 0 Å². The molecule has 3 fully saturated rings. The molecule has 0 spiro atoms. The predicted molar refractivity (Wildman–Crippen MR) is 102 cm³/mol. The Bertz CT molecular complexity index is 691. The van der Waals surface area contributed by atoms with Gasteiger partial charge in [0.25, 0.3) is 0 Å². The Morgan fingerprint density at radius 3 is 2.70 bits per heavy atom. The first-order chi connectivity index (χ1) is 13.1. The molecule has 0 saturated carbocycles. The summed E-state index contributed by atoms with van der Waals surface area (Å²) in [6.45, 7) is 3.47. The molecule has 6 heteroatoms. The normalized spacial score (nSPS) is 28.9. The van der Waals surface area contributed by atoms with E-state index in [2.05, 4.69) is 10.2 Å². The van der Waals surface area contributed by atoms with Crippen molar-refractivity contribution in [3.8, 4) is 0 Å². The van der Waals surface area contributed by atoms with Gasteiger partial charge in [0.05, 0.1) is 5.92 Å². The van der Waals surface area contributed by atoms with Crippen LogP contribution in [-0.4, -0.2) is 48.9 Å². The van der Waals surface area contributed by atoms with Gasteiger partial charge < -0.3 is 15.1 Å². The lowest BCUT2D eigenvalue weighted by Gasteiger charge is -2.44. The number of carbonyl (C=O) groups excluding carboxylic acids is 2. The third-order valence-corrected chi connectivity index (χ3v) is 6.40. The molecule has 3 aliphatic rings. The molecule has 0 aromatic heterocycles. The van der Waals surface area contributed by atoms with Gasteiger partial charge >= 0.3 is 0 Å². The molecule has 0 radical (unpaired) electrons. The molecule has 0 bridgehead atoms. The highest BCUT2D eigenvalue weighted by Gasteiger charge is 2.37. The molecule has 1 aromatic carbocycles. The van der Waals surface area contributed by atoms with E-state index < -0.39 is 0 Å². The summed E-state index contributed by atoms with van der Waals surface area (Å²) in [5, 5.41) is 3.12. The van der Waals surface area contributed by atoms with Crippen molar-refractivity contribution in [2.45, 2.75) is 44.6 Å². The number of anilines is 1. The van der Waals surface area contributed by atoms with Crippen LogP contribution in [0.25, 0.3) is 0 Å². The third kappa shape index (κ3) is 4.00. The molecule has 27 heavy (non-hydrogen) atoms. The molecule has 1 aromatic rings. The fourth-order valence-corrected chi connectivity index (χ4v) is 4.95. The Labute approximate surface area is 159 Å². The Morgan fingerprint density at radius 1 is 1.11 bits per heavy atom. The number of hydrogen-bond donors (Lipinski definition) is 1. The van der Waals surface area contributed by atoms with Crippen molar-refractivity contribution in [2.24, 2.45) is 11.8 Å². The molecule has 1 N–H and O–H groups in total. The van der Waals surface area contributed by atoms with Crippen LogP contribution in [0, 0.1) is 17.7 Å². The maximum absolute atomic E-state index is 13.1. The molecule has 3 atom stereocenters. The maximum Gasteiger partial charge on any atom is 0.227 e. The van der Waals surface area contributed by atoms with Crippen molar-refractivity contribution in [1.29, 1.82) is 0 Å². The van der Waals surface area contributed by atoms with Gasteiger partial charge in [-0.15, -0.1) is 0 Å². The molecular weight excluding hydrogens is 345 g/mol. The van der Waals surface area contributed by atoms with E-state index in [1.54, 1.807) is 17.0 Å². The summed E-state index contributed by atoms with van der Waals surface area (Å²) in [5.74, 6) is -0.232. The third-order valence-electron chi connectivity index (χ3n) is 6.40. The number of amides is 2. The van der Waals surface area contributed by atoms with Crippen molar-refractivity contribution in [2.75, 3.05) is 31.1 Å². The minimum Gasteiger partial charge on any atom is -0.355 e. The summed E-state index contributed by atoms with van der Waals surface area (Å²) in [4.78, 5) is 29.2. The highest BCUT2D eigenvalue weighted by atomic mass is 19.1. The number of benzene rings is 1. The average Bonchev–Trinajstić information content (AvgIpc) is 3.08. The number of nitrogens with zero attached hydrogens (tertiary/aromatic N) is 2. The smallest absolute Gasteiger partial charge is 0.227 e. The lowest BCUT2D eigenvalue weighted by molar-refractivity contribution is -0.126. The molecule has 3 saturated heterocycles. The number of halogens is 1. The summed E-state index contributed by atoms with van der Waals surface area (Å²) in [6.07, 6.45) is 6.42. The summed E-state index contributed by atoms with van der Waals surface area (Å²) in [6, 6.07) is 6.47. The Hall–Kier alpha value is -1.95. The standard InChI is InChI=1S/C21H28FN3O2/c22-17-6-8-18(9-7-17)25-14-16(12-20(25)26)21(27)23-13-15-4-3-11-24-10-2-1-5-19(15)24/h6-9,15-16,19H,1-5,10-14H2,(H,23,27)/t15-,16-,19-/m1/s1. The van der Waals surface area contributed by atoms with Crippen LogP contribution in [0.2, 0.25) is 0 Å². The van der Waals surface area contributed by atoms with Crippen molar-refractivity contribution in [3.63, 3.8) is 0 Å². The van der Waals surface area contributed by atoms with Gasteiger partial charge in [0.1, 0.15) is 5.82 Å². The van der Waals surface area contributed by atoms with Gasteiger partial charge in [-0.3, -0.25) is 9.59 Å². The monoisotopic (exact) mass is 373 g/mol. The first-order valence-corrected chi connectivity index (χ1v) is 10.2. The second-order valence-corrected chi connectivity index (χ2v) is 8.13. The molecule has 146 valence electrons. The lowest BCUT2D eigenvalue weighted by atomic mass is 9.83. The van der Waals surface area contributed by atoms with E-state index >= 15 is 0 Å². The summed E-state index contributed by atoms with van der Waals surface area (Å²) in [7, 11) is 0. The van der Waals surface area contributed by atoms with Gasteiger partial charge in [-0.1, -0.05) is 6.42 Å². The first kappa shape index (κ1) is 18.4. The Kier molecular flexibility index (Phi) is 5.43. The number of nitrogens with one attached hydrogen (secondary N) is 1. The van der Waals surface area contributed by atoms with E-state index in [4.69, 9.17) is 0 Å². The zero-order chi connectivity index (χ0) is 18.8. The predicted octanol–water partition coefficient (Wildman–Crippen LogP) is 2.56. The van der Waals surface area contributed by atoms with Crippen LogP contribution in [0.4, 0.5) is 10.1 Å².